The number of hydrogen-bond acceptors (Lipinski definition) is 5. The first-order chi connectivity index (χ1) is 10.4. The summed E-state index contributed by atoms with van der Waals surface area (Å²) >= 11 is 0. The average molecular weight is 306 g/mol. The number of anilines is 1. The summed E-state index contributed by atoms with van der Waals surface area (Å²) in [6.45, 7) is 7.00. The molecule has 120 valence electrons. The zero-order valence-corrected chi connectivity index (χ0v) is 13.3. The molecular formula is C16H22N2O4. The monoisotopic (exact) mass is 306 g/mol. The highest BCUT2D eigenvalue weighted by atomic mass is 16.5. The third-order valence-corrected chi connectivity index (χ3v) is 3.95. The van der Waals surface area contributed by atoms with E-state index in [2.05, 4.69) is 4.98 Å². The molecule has 1 aliphatic rings. The first kappa shape index (κ1) is 16.3. The Morgan fingerprint density at radius 2 is 2.00 bits per heavy atom. The third kappa shape index (κ3) is 3.37. The van der Waals surface area contributed by atoms with Crippen LogP contribution in [0.15, 0.2) is 6.07 Å². The number of nitrogens with zero attached hydrogens (tertiary/aromatic N) is 2. The molecule has 2 heterocycles. The average Bonchev–Trinajstić information content (AvgIpc) is 2.46. The van der Waals surface area contributed by atoms with Gasteiger partial charge in [-0.1, -0.05) is 0 Å². The van der Waals surface area contributed by atoms with E-state index in [0.717, 1.165) is 11.3 Å². The second kappa shape index (κ2) is 6.77. The van der Waals surface area contributed by atoms with E-state index in [0.29, 0.717) is 43.9 Å². The maximum atomic E-state index is 12.2. The third-order valence-electron chi connectivity index (χ3n) is 3.95. The molecule has 1 aromatic rings. The molecular weight excluding hydrogens is 284 g/mol. The maximum absolute atomic E-state index is 12.2. The number of carbonyl (C=O) groups is 2. The lowest BCUT2D eigenvalue weighted by atomic mass is 9.96. The number of hydrogen-bond donors (Lipinski definition) is 1. The van der Waals surface area contributed by atoms with Gasteiger partial charge in [0.2, 0.25) is 0 Å². The van der Waals surface area contributed by atoms with Gasteiger partial charge in [-0.25, -0.2) is 9.78 Å². The summed E-state index contributed by atoms with van der Waals surface area (Å²) in [7, 11) is 0. The van der Waals surface area contributed by atoms with Crippen LogP contribution in [0.3, 0.4) is 0 Å². The zero-order valence-electron chi connectivity index (χ0n) is 13.3. The standard InChI is InChI=1S/C16H22N2O4/c1-4-22-16(21)13-10(2)9-11(3)17-14(13)18-7-5-12(6-8-18)15(19)20/h9,12H,4-8H2,1-3H3,(H,19,20). The molecule has 0 unspecified atom stereocenters. The van der Waals surface area contributed by atoms with Crippen molar-refractivity contribution in [2.45, 2.75) is 33.6 Å². The summed E-state index contributed by atoms with van der Waals surface area (Å²) in [5, 5.41) is 9.09. The number of aryl methyl sites for hydroxylation is 2. The van der Waals surface area contributed by atoms with Gasteiger partial charge in [0.1, 0.15) is 11.4 Å². The summed E-state index contributed by atoms with van der Waals surface area (Å²) in [5.74, 6) is -0.825. The van der Waals surface area contributed by atoms with Crippen molar-refractivity contribution in [2.24, 2.45) is 5.92 Å². The van der Waals surface area contributed by atoms with Crippen LogP contribution in [0, 0.1) is 19.8 Å². The molecule has 1 fully saturated rings. The SMILES string of the molecule is CCOC(=O)c1c(C)cc(C)nc1N1CCC(C(=O)O)CC1. The number of esters is 1. The fourth-order valence-electron chi connectivity index (χ4n) is 2.84. The number of carboxylic acids is 1. The highest BCUT2D eigenvalue weighted by Gasteiger charge is 2.28. The quantitative estimate of drug-likeness (QED) is 0.859. The molecule has 1 aliphatic heterocycles. The van der Waals surface area contributed by atoms with E-state index >= 15 is 0 Å². The van der Waals surface area contributed by atoms with Crippen LogP contribution >= 0.6 is 0 Å². The lowest BCUT2D eigenvalue weighted by Gasteiger charge is -2.32. The second-order valence-electron chi connectivity index (χ2n) is 5.60. The molecule has 0 saturated carbocycles. The number of pyridine rings is 1. The van der Waals surface area contributed by atoms with Crippen LogP contribution in [0.25, 0.3) is 0 Å². The molecule has 22 heavy (non-hydrogen) atoms. The summed E-state index contributed by atoms with van der Waals surface area (Å²) in [4.78, 5) is 29.8. The van der Waals surface area contributed by atoms with Crippen molar-refractivity contribution in [3.8, 4) is 0 Å². The normalized spacial score (nSPS) is 15.7. The summed E-state index contributed by atoms with van der Waals surface area (Å²) in [5.41, 5.74) is 2.16. The van der Waals surface area contributed by atoms with Crippen molar-refractivity contribution in [2.75, 3.05) is 24.6 Å². The molecule has 0 aliphatic carbocycles. The van der Waals surface area contributed by atoms with Crippen LogP contribution in [-0.4, -0.2) is 41.7 Å². The molecule has 6 nitrogen and oxygen atoms in total. The number of rotatable bonds is 4. The smallest absolute Gasteiger partial charge is 0.342 e. The first-order valence-electron chi connectivity index (χ1n) is 7.57. The minimum Gasteiger partial charge on any atom is -0.481 e. The van der Waals surface area contributed by atoms with E-state index in [1.807, 2.05) is 24.8 Å². The number of piperidine rings is 1. The van der Waals surface area contributed by atoms with Gasteiger partial charge in [0.15, 0.2) is 0 Å². The molecule has 6 heteroatoms. The lowest BCUT2D eigenvalue weighted by Crippen LogP contribution is -2.38. The Bertz CT molecular complexity index is 578. The molecule has 0 atom stereocenters. The van der Waals surface area contributed by atoms with Crippen LogP contribution in [-0.2, 0) is 9.53 Å². The van der Waals surface area contributed by atoms with Gasteiger partial charge in [-0.15, -0.1) is 0 Å². The van der Waals surface area contributed by atoms with Gasteiger partial charge < -0.3 is 14.7 Å². The topological polar surface area (TPSA) is 79.7 Å². The summed E-state index contributed by atoms with van der Waals surface area (Å²) in [6, 6.07) is 1.86. The highest BCUT2D eigenvalue weighted by Crippen LogP contribution is 2.28. The number of carboxylic acid groups (broad SMARTS) is 1. The van der Waals surface area contributed by atoms with Crippen LogP contribution in [0.5, 0.6) is 0 Å². The fraction of sp³-hybridized carbons (Fsp3) is 0.562. The van der Waals surface area contributed by atoms with E-state index in [-0.39, 0.29) is 11.9 Å². The van der Waals surface area contributed by atoms with Crippen molar-refractivity contribution in [1.29, 1.82) is 0 Å². The Morgan fingerprint density at radius 1 is 1.36 bits per heavy atom. The predicted molar refractivity (Wildman–Crippen MR) is 82.2 cm³/mol. The Labute approximate surface area is 130 Å². The highest BCUT2D eigenvalue weighted by molar-refractivity contribution is 5.96. The van der Waals surface area contributed by atoms with Crippen molar-refractivity contribution in [3.05, 3.63) is 22.9 Å². The van der Waals surface area contributed by atoms with Crippen molar-refractivity contribution < 1.29 is 19.4 Å². The Morgan fingerprint density at radius 3 is 2.55 bits per heavy atom. The second-order valence-corrected chi connectivity index (χ2v) is 5.60. The van der Waals surface area contributed by atoms with Gasteiger partial charge in [-0.2, -0.15) is 0 Å². The van der Waals surface area contributed by atoms with Gasteiger partial charge in [0.05, 0.1) is 12.5 Å². The summed E-state index contributed by atoms with van der Waals surface area (Å²) in [6.07, 6.45) is 1.12. The van der Waals surface area contributed by atoms with Gasteiger partial charge in [-0.05, 0) is 45.2 Å². The number of aromatic nitrogens is 1. The number of ether oxygens (including phenoxy) is 1. The van der Waals surface area contributed by atoms with Gasteiger partial charge >= 0.3 is 11.9 Å². The molecule has 1 saturated heterocycles. The molecule has 0 amide bonds. The molecule has 0 aromatic carbocycles. The Balaban J connectivity index is 2.30. The predicted octanol–water partition coefficient (Wildman–Crippen LogP) is 2.18. The Hall–Kier alpha value is -2.11. The summed E-state index contributed by atoms with van der Waals surface area (Å²) < 4.78 is 5.14. The maximum Gasteiger partial charge on any atom is 0.342 e. The number of aliphatic carboxylic acids is 1. The largest absolute Gasteiger partial charge is 0.481 e. The molecule has 0 radical (unpaired) electrons. The van der Waals surface area contributed by atoms with E-state index in [9.17, 15) is 9.59 Å². The molecule has 0 bridgehead atoms. The van der Waals surface area contributed by atoms with Crippen LogP contribution in [0.1, 0.15) is 41.4 Å². The fourth-order valence-corrected chi connectivity index (χ4v) is 2.84. The van der Waals surface area contributed by atoms with Crippen LogP contribution < -0.4 is 4.90 Å². The van der Waals surface area contributed by atoms with Crippen molar-refractivity contribution in [3.63, 3.8) is 0 Å². The molecule has 1 aromatic heterocycles. The number of carbonyl (C=O) groups excluding carboxylic acids is 1. The Kier molecular flexibility index (Phi) is 5.00. The van der Waals surface area contributed by atoms with Crippen LogP contribution in [0.2, 0.25) is 0 Å². The minimum absolute atomic E-state index is 0.312. The first-order valence-corrected chi connectivity index (χ1v) is 7.57. The molecule has 1 N–H and O–H groups in total. The minimum atomic E-state index is -0.751. The van der Waals surface area contributed by atoms with E-state index < -0.39 is 5.97 Å². The van der Waals surface area contributed by atoms with Crippen molar-refractivity contribution >= 4 is 17.8 Å². The van der Waals surface area contributed by atoms with Gasteiger partial charge in [0.25, 0.3) is 0 Å². The van der Waals surface area contributed by atoms with E-state index in [1.165, 1.54) is 0 Å². The van der Waals surface area contributed by atoms with Gasteiger partial charge in [-0.3, -0.25) is 4.79 Å². The lowest BCUT2D eigenvalue weighted by molar-refractivity contribution is -0.142. The molecule has 0 spiro atoms. The van der Waals surface area contributed by atoms with Gasteiger partial charge in [0, 0.05) is 18.8 Å². The zero-order chi connectivity index (χ0) is 16.3. The molecule has 2 rings (SSSR count). The van der Waals surface area contributed by atoms with E-state index in [4.69, 9.17) is 9.84 Å². The van der Waals surface area contributed by atoms with Crippen LogP contribution in [0.4, 0.5) is 5.82 Å². The van der Waals surface area contributed by atoms with E-state index in [1.54, 1.807) is 6.92 Å². The van der Waals surface area contributed by atoms with Crippen molar-refractivity contribution in [1.82, 2.24) is 4.98 Å².